The van der Waals surface area contributed by atoms with Crippen LogP contribution in [-0.4, -0.2) is 49.6 Å². The van der Waals surface area contributed by atoms with Crippen LogP contribution < -0.4 is 0 Å². The normalized spacial score (nSPS) is 17.8. The zero-order chi connectivity index (χ0) is 16.8. The van der Waals surface area contributed by atoms with Gasteiger partial charge in [0.15, 0.2) is 0 Å². The van der Waals surface area contributed by atoms with Gasteiger partial charge >= 0.3 is 0 Å². The zero-order valence-electron chi connectivity index (χ0n) is 14.2. The summed E-state index contributed by atoms with van der Waals surface area (Å²) in [5, 5.41) is 0.801. The van der Waals surface area contributed by atoms with Crippen LogP contribution in [0, 0.1) is 0 Å². The van der Waals surface area contributed by atoms with Gasteiger partial charge in [0.1, 0.15) is 0 Å². The maximum atomic E-state index is 5.95. The molecule has 1 heterocycles. The molecule has 0 aromatic heterocycles. The Bertz CT molecular complexity index is 609. The van der Waals surface area contributed by atoms with Crippen molar-refractivity contribution in [3.8, 4) is 0 Å². The topological polar surface area (TPSA) is 15.7 Å². The summed E-state index contributed by atoms with van der Waals surface area (Å²) in [5.74, 6) is 0. The molecule has 0 saturated carbocycles. The third kappa shape index (κ3) is 4.81. The van der Waals surface area contributed by atoms with Gasteiger partial charge in [0, 0.05) is 51.4 Å². The van der Waals surface area contributed by atoms with Crippen molar-refractivity contribution in [1.82, 2.24) is 9.80 Å². The Morgan fingerprint density at radius 3 is 2.17 bits per heavy atom. The largest absolute Gasteiger partial charge is 0.375 e. The molecule has 2 aromatic rings. The minimum atomic E-state index is 0.147. The molecule has 128 valence electrons. The number of methoxy groups -OCH3 is 1. The van der Waals surface area contributed by atoms with Crippen LogP contribution in [0.15, 0.2) is 54.6 Å². The van der Waals surface area contributed by atoms with Crippen LogP contribution >= 0.6 is 11.6 Å². The summed E-state index contributed by atoms with van der Waals surface area (Å²) < 4.78 is 5.71. The van der Waals surface area contributed by atoms with Crippen LogP contribution in [0.2, 0.25) is 5.02 Å². The Labute approximate surface area is 149 Å². The second kappa shape index (κ2) is 8.63. The average molecular weight is 345 g/mol. The fourth-order valence-electron chi connectivity index (χ4n) is 3.20. The molecule has 1 atom stereocenters. The van der Waals surface area contributed by atoms with Crippen molar-refractivity contribution in [2.24, 2.45) is 0 Å². The lowest BCUT2D eigenvalue weighted by Gasteiger charge is -2.36. The molecule has 3 rings (SSSR count). The molecule has 0 N–H and O–H groups in total. The van der Waals surface area contributed by atoms with Gasteiger partial charge in [-0.1, -0.05) is 54.1 Å². The first-order valence-corrected chi connectivity index (χ1v) is 8.89. The van der Waals surface area contributed by atoms with Crippen LogP contribution in [0.1, 0.15) is 17.2 Å². The van der Waals surface area contributed by atoms with Crippen molar-refractivity contribution >= 4 is 11.6 Å². The van der Waals surface area contributed by atoms with Gasteiger partial charge in [-0.15, -0.1) is 0 Å². The van der Waals surface area contributed by atoms with Gasteiger partial charge in [-0.2, -0.15) is 0 Å². The van der Waals surface area contributed by atoms with Crippen molar-refractivity contribution in [3.05, 3.63) is 70.7 Å². The van der Waals surface area contributed by atoms with E-state index >= 15 is 0 Å². The molecular formula is C20H25ClN2O. The van der Waals surface area contributed by atoms with E-state index < -0.39 is 0 Å². The van der Waals surface area contributed by atoms with E-state index in [9.17, 15) is 0 Å². The van der Waals surface area contributed by atoms with Gasteiger partial charge in [-0.3, -0.25) is 9.80 Å². The fourth-order valence-corrected chi connectivity index (χ4v) is 3.32. The number of benzene rings is 2. The molecule has 0 bridgehead atoms. The van der Waals surface area contributed by atoms with Crippen molar-refractivity contribution < 1.29 is 4.74 Å². The average Bonchev–Trinajstić information content (AvgIpc) is 2.64. The number of halogens is 1. The summed E-state index contributed by atoms with van der Waals surface area (Å²) in [7, 11) is 1.80. The van der Waals surface area contributed by atoms with E-state index in [4.69, 9.17) is 16.3 Å². The van der Waals surface area contributed by atoms with Crippen LogP contribution in [0.25, 0.3) is 0 Å². The second-order valence-electron chi connectivity index (χ2n) is 6.34. The smallest absolute Gasteiger partial charge is 0.0947 e. The number of ether oxygens (including phenoxy) is 1. The van der Waals surface area contributed by atoms with Gasteiger partial charge in [0.2, 0.25) is 0 Å². The highest BCUT2D eigenvalue weighted by Crippen LogP contribution is 2.19. The van der Waals surface area contributed by atoms with Gasteiger partial charge in [0.25, 0.3) is 0 Å². The molecule has 3 nitrogen and oxygen atoms in total. The highest BCUT2D eigenvalue weighted by atomic mass is 35.5. The van der Waals surface area contributed by atoms with Crippen LogP contribution in [-0.2, 0) is 11.3 Å². The summed E-state index contributed by atoms with van der Waals surface area (Å²) in [6.07, 6.45) is 0.147. The van der Waals surface area contributed by atoms with Gasteiger partial charge in [-0.25, -0.2) is 0 Å². The number of rotatable bonds is 6. The van der Waals surface area contributed by atoms with E-state index in [0.29, 0.717) is 0 Å². The fraction of sp³-hybridized carbons (Fsp3) is 0.400. The van der Waals surface area contributed by atoms with Crippen molar-refractivity contribution in [2.45, 2.75) is 12.6 Å². The van der Waals surface area contributed by atoms with Gasteiger partial charge < -0.3 is 4.74 Å². The highest BCUT2D eigenvalue weighted by Gasteiger charge is 2.21. The maximum Gasteiger partial charge on any atom is 0.0947 e. The molecule has 1 saturated heterocycles. The third-order valence-electron chi connectivity index (χ3n) is 4.66. The van der Waals surface area contributed by atoms with Gasteiger partial charge in [0.05, 0.1) is 6.10 Å². The second-order valence-corrected chi connectivity index (χ2v) is 6.77. The summed E-state index contributed by atoms with van der Waals surface area (Å²) in [4.78, 5) is 5.00. The minimum absolute atomic E-state index is 0.147. The molecule has 1 aliphatic rings. The lowest BCUT2D eigenvalue weighted by molar-refractivity contribution is 0.0406. The molecule has 0 radical (unpaired) electrons. The lowest BCUT2D eigenvalue weighted by Crippen LogP contribution is -2.47. The molecule has 0 spiro atoms. The first kappa shape index (κ1) is 17.4. The number of piperazine rings is 1. The third-order valence-corrected chi connectivity index (χ3v) is 4.92. The molecule has 2 aromatic carbocycles. The summed E-state index contributed by atoms with van der Waals surface area (Å²) >= 11 is 5.95. The summed E-state index contributed by atoms with van der Waals surface area (Å²) in [6.45, 7) is 6.30. The Kier molecular flexibility index (Phi) is 6.27. The summed E-state index contributed by atoms with van der Waals surface area (Å²) in [5.41, 5.74) is 2.58. The molecular weight excluding hydrogens is 320 g/mol. The zero-order valence-corrected chi connectivity index (χ0v) is 15.0. The predicted molar refractivity (Wildman–Crippen MR) is 99.4 cm³/mol. The molecule has 1 aliphatic heterocycles. The van der Waals surface area contributed by atoms with Crippen molar-refractivity contribution in [3.63, 3.8) is 0 Å². The van der Waals surface area contributed by atoms with E-state index in [1.54, 1.807) is 7.11 Å². The minimum Gasteiger partial charge on any atom is -0.375 e. The monoisotopic (exact) mass is 344 g/mol. The van der Waals surface area contributed by atoms with Crippen molar-refractivity contribution in [1.29, 1.82) is 0 Å². The van der Waals surface area contributed by atoms with E-state index in [1.165, 1.54) is 11.1 Å². The maximum absolute atomic E-state index is 5.95. The number of hydrogen-bond acceptors (Lipinski definition) is 3. The highest BCUT2D eigenvalue weighted by molar-refractivity contribution is 6.30. The van der Waals surface area contributed by atoms with Crippen molar-refractivity contribution in [2.75, 3.05) is 39.8 Å². The van der Waals surface area contributed by atoms with E-state index in [-0.39, 0.29) is 6.10 Å². The molecule has 24 heavy (non-hydrogen) atoms. The van der Waals surface area contributed by atoms with E-state index in [2.05, 4.69) is 46.2 Å². The van der Waals surface area contributed by atoms with Crippen LogP contribution in [0.5, 0.6) is 0 Å². The van der Waals surface area contributed by atoms with Gasteiger partial charge in [-0.05, 0) is 23.3 Å². The Morgan fingerprint density at radius 2 is 1.54 bits per heavy atom. The molecule has 1 fully saturated rings. The van der Waals surface area contributed by atoms with E-state index in [0.717, 1.165) is 44.3 Å². The Morgan fingerprint density at radius 1 is 0.917 bits per heavy atom. The SMILES string of the molecule is COC(CN1CCN(Cc2ccc(Cl)cc2)CC1)c1ccccc1. The lowest BCUT2D eigenvalue weighted by atomic mass is 10.1. The molecule has 0 aliphatic carbocycles. The molecule has 4 heteroatoms. The number of hydrogen-bond donors (Lipinski definition) is 0. The van der Waals surface area contributed by atoms with E-state index in [1.807, 2.05) is 18.2 Å². The molecule has 0 amide bonds. The number of nitrogens with zero attached hydrogens (tertiary/aromatic N) is 2. The predicted octanol–water partition coefficient (Wildman–Crippen LogP) is 3.85. The Hall–Kier alpha value is -1.39. The Balaban J connectivity index is 1.48. The summed E-state index contributed by atoms with van der Waals surface area (Å²) in [6, 6.07) is 18.7. The first-order chi connectivity index (χ1) is 11.7. The standard InChI is InChI=1S/C20H25ClN2O/c1-24-20(18-5-3-2-4-6-18)16-23-13-11-22(12-14-23)15-17-7-9-19(21)10-8-17/h2-10,20H,11-16H2,1H3. The van der Waals surface area contributed by atoms with Crippen LogP contribution in [0.4, 0.5) is 0 Å². The first-order valence-electron chi connectivity index (χ1n) is 8.51. The quantitative estimate of drug-likeness (QED) is 0.791. The molecule has 1 unspecified atom stereocenters. The van der Waals surface area contributed by atoms with Crippen LogP contribution in [0.3, 0.4) is 0 Å².